The third-order valence-electron chi connectivity index (χ3n) is 4.17. The lowest BCUT2D eigenvalue weighted by Crippen LogP contribution is -2.40. The van der Waals surface area contributed by atoms with Crippen LogP contribution in [0, 0.1) is 5.92 Å². The fourth-order valence-electron chi connectivity index (χ4n) is 2.80. The van der Waals surface area contributed by atoms with Gasteiger partial charge in [-0.1, -0.05) is 0 Å². The van der Waals surface area contributed by atoms with E-state index < -0.39 is 10.0 Å². The normalized spacial score (nSPS) is 17.5. The molecule has 23 heavy (non-hydrogen) atoms. The molecule has 0 atom stereocenters. The van der Waals surface area contributed by atoms with Crippen LogP contribution in [-0.2, 0) is 21.9 Å². The second-order valence-electron chi connectivity index (χ2n) is 5.86. The van der Waals surface area contributed by atoms with Gasteiger partial charge >= 0.3 is 5.97 Å². The van der Waals surface area contributed by atoms with E-state index in [-0.39, 0.29) is 11.9 Å². The van der Waals surface area contributed by atoms with Crippen LogP contribution in [0.25, 0.3) is 11.0 Å². The van der Waals surface area contributed by atoms with Crippen molar-refractivity contribution in [2.45, 2.75) is 12.8 Å². The highest BCUT2D eigenvalue weighted by molar-refractivity contribution is 7.88. The smallest absolute Gasteiger partial charge is 0.314 e. The number of rotatable bonds is 3. The maximum absolute atomic E-state index is 12.2. The first-order valence-corrected chi connectivity index (χ1v) is 9.27. The van der Waals surface area contributed by atoms with Crippen LogP contribution in [0.15, 0.2) is 24.5 Å². The number of fused-ring (bicyclic) bond motifs is 1. The number of nitrogens with zero attached hydrogens (tertiary/aromatic N) is 3. The summed E-state index contributed by atoms with van der Waals surface area (Å²) >= 11 is 0. The Morgan fingerprint density at radius 2 is 2.00 bits per heavy atom. The molecule has 2 aromatic rings. The Bertz CT molecular complexity index is 836. The standard InChI is InChI=1S/C15H19N3O4S/c1-17-10-16-13-9-12(3-4-14(13)17)22-15(19)11-5-7-18(8-6-11)23(2,20)21/h3-4,9-11H,5-8H2,1-2H3. The first kappa shape index (κ1) is 15.9. The Labute approximate surface area is 134 Å². The zero-order chi connectivity index (χ0) is 16.6. The number of carbonyl (C=O) groups excluding carboxylic acids is 1. The van der Waals surface area contributed by atoms with Crippen molar-refractivity contribution in [1.82, 2.24) is 13.9 Å². The molecule has 1 aliphatic heterocycles. The monoisotopic (exact) mass is 337 g/mol. The minimum atomic E-state index is -3.19. The molecule has 0 radical (unpaired) electrons. The molecule has 0 saturated carbocycles. The van der Waals surface area contributed by atoms with Crippen LogP contribution in [0.2, 0.25) is 0 Å². The molecule has 1 aromatic heterocycles. The summed E-state index contributed by atoms with van der Waals surface area (Å²) in [7, 11) is -1.29. The van der Waals surface area contributed by atoms with Crippen molar-refractivity contribution in [2.75, 3.05) is 19.3 Å². The van der Waals surface area contributed by atoms with Crippen molar-refractivity contribution in [1.29, 1.82) is 0 Å². The minimum Gasteiger partial charge on any atom is -0.426 e. The third kappa shape index (κ3) is 3.37. The highest BCUT2D eigenvalue weighted by Crippen LogP contribution is 2.24. The SMILES string of the molecule is Cn1cnc2cc(OC(=O)C3CCN(S(C)(=O)=O)CC3)ccc21. The molecule has 0 unspecified atom stereocenters. The van der Waals surface area contributed by atoms with E-state index >= 15 is 0 Å². The maximum atomic E-state index is 12.2. The number of sulfonamides is 1. The van der Waals surface area contributed by atoms with Crippen molar-refractivity contribution >= 4 is 27.0 Å². The van der Waals surface area contributed by atoms with Crippen molar-refractivity contribution < 1.29 is 17.9 Å². The number of imidazole rings is 1. The van der Waals surface area contributed by atoms with Crippen LogP contribution in [0.4, 0.5) is 0 Å². The zero-order valence-electron chi connectivity index (χ0n) is 13.1. The average Bonchev–Trinajstić information content (AvgIpc) is 2.87. The van der Waals surface area contributed by atoms with Crippen molar-refractivity contribution in [2.24, 2.45) is 13.0 Å². The summed E-state index contributed by atoms with van der Waals surface area (Å²) in [5.41, 5.74) is 1.73. The highest BCUT2D eigenvalue weighted by atomic mass is 32.2. The number of piperidine rings is 1. The minimum absolute atomic E-state index is 0.271. The van der Waals surface area contributed by atoms with Crippen LogP contribution < -0.4 is 4.74 Å². The lowest BCUT2D eigenvalue weighted by molar-refractivity contribution is -0.140. The van der Waals surface area contributed by atoms with E-state index in [0.29, 0.717) is 31.7 Å². The summed E-state index contributed by atoms with van der Waals surface area (Å²) in [5, 5.41) is 0. The van der Waals surface area contributed by atoms with Crippen LogP contribution in [0.5, 0.6) is 5.75 Å². The van der Waals surface area contributed by atoms with Gasteiger partial charge in [0.2, 0.25) is 10.0 Å². The van der Waals surface area contributed by atoms with Gasteiger partial charge in [0.1, 0.15) is 5.75 Å². The second kappa shape index (κ2) is 5.93. The highest BCUT2D eigenvalue weighted by Gasteiger charge is 2.30. The summed E-state index contributed by atoms with van der Waals surface area (Å²) in [6, 6.07) is 5.34. The lowest BCUT2D eigenvalue weighted by Gasteiger charge is -2.28. The van der Waals surface area contributed by atoms with Gasteiger partial charge in [0.05, 0.1) is 29.5 Å². The zero-order valence-corrected chi connectivity index (χ0v) is 13.9. The number of aryl methyl sites for hydroxylation is 1. The van der Waals surface area contributed by atoms with E-state index in [0.717, 1.165) is 11.0 Å². The molecule has 8 heteroatoms. The molecule has 1 fully saturated rings. The van der Waals surface area contributed by atoms with Gasteiger partial charge in [0.25, 0.3) is 0 Å². The summed E-state index contributed by atoms with van der Waals surface area (Å²) in [6.07, 6.45) is 3.86. The van der Waals surface area contributed by atoms with Crippen LogP contribution >= 0.6 is 0 Å². The van der Waals surface area contributed by atoms with Gasteiger partial charge < -0.3 is 9.30 Å². The Hall–Kier alpha value is -1.93. The molecular weight excluding hydrogens is 318 g/mol. The van der Waals surface area contributed by atoms with Gasteiger partial charge in [0, 0.05) is 26.2 Å². The molecule has 0 amide bonds. The fourth-order valence-corrected chi connectivity index (χ4v) is 3.68. The van der Waals surface area contributed by atoms with Crippen LogP contribution in [0.1, 0.15) is 12.8 Å². The second-order valence-corrected chi connectivity index (χ2v) is 7.85. The Kier molecular flexibility index (Phi) is 4.11. The van der Waals surface area contributed by atoms with Gasteiger partial charge in [-0.3, -0.25) is 4.79 Å². The Morgan fingerprint density at radius 3 is 2.65 bits per heavy atom. The predicted octanol–water partition coefficient (Wildman–Crippen LogP) is 1.15. The summed E-state index contributed by atoms with van der Waals surface area (Å²) < 4.78 is 31.7. The molecule has 1 aromatic carbocycles. The molecule has 2 heterocycles. The number of hydrogen-bond donors (Lipinski definition) is 0. The molecule has 3 rings (SSSR count). The lowest BCUT2D eigenvalue weighted by atomic mass is 9.98. The third-order valence-corrected chi connectivity index (χ3v) is 5.47. The topological polar surface area (TPSA) is 81.5 Å². The molecule has 124 valence electrons. The van der Waals surface area contributed by atoms with Gasteiger partial charge in [0.15, 0.2) is 0 Å². The molecule has 7 nitrogen and oxygen atoms in total. The Balaban J connectivity index is 1.65. The Morgan fingerprint density at radius 1 is 1.30 bits per heavy atom. The van der Waals surface area contributed by atoms with Crippen molar-refractivity contribution in [3.05, 3.63) is 24.5 Å². The van der Waals surface area contributed by atoms with E-state index in [4.69, 9.17) is 4.74 Å². The number of carbonyl (C=O) groups is 1. The quantitative estimate of drug-likeness (QED) is 0.620. The van der Waals surface area contributed by atoms with E-state index in [1.807, 2.05) is 17.7 Å². The predicted molar refractivity (Wildman–Crippen MR) is 85.5 cm³/mol. The van der Waals surface area contributed by atoms with Gasteiger partial charge in [-0.15, -0.1) is 0 Å². The average molecular weight is 337 g/mol. The summed E-state index contributed by atoms with van der Waals surface area (Å²) in [4.78, 5) is 16.5. The first-order valence-electron chi connectivity index (χ1n) is 7.42. The number of aromatic nitrogens is 2. The number of ether oxygens (including phenoxy) is 1. The molecule has 0 bridgehead atoms. The summed E-state index contributed by atoms with van der Waals surface area (Å²) in [5.74, 6) is -0.118. The van der Waals surface area contributed by atoms with Crippen LogP contribution in [0.3, 0.4) is 0 Å². The van der Waals surface area contributed by atoms with Crippen molar-refractivity contribution in [3.63, 3.8) is 0 Å². The number of benzene rings is 1. The molecule has 0 N–H and O–H groups in total. The first-order chi connectivity index (χ1) is 10.8. The van der Waals surface area contributed by atoms with E-state index in [1.54, 1.807) is 18.5 Å². The van der Waals surface area contributed by atoms with Gasteiger partial charge in [-0.25, -0.2) is 17.7 Å². The fraction of sp³-hybridized carbons (Fsp3) is 0.467. The molecule has 1 aliphatic rings. The molecule has 1 saturated heterocycles. The van der Waals surface area contributed by atoms with E-state index in [9.17, 15) is 13.2 Å². The number of hydrogen-bond acceptors (Lipinski definition) is 5. The van der Waals surface area contributed by atoms with Crippen molar-refractivity contribution in [3.8, 4) is 5.75 Å². The largest absolute Gasteiger partial charge is 0.426 e. The maximum Gasteiger partial charge on any atom is 0.314 e. The molecular formula is C15H19N3O4S. The molecule has 0 aliphatic carbocycles. The van der Waals surface area contributed by atoms with E-state index in [1.165, 1.54) is 10.6 Å². The number of esters is 1. The summed E-state index contributed by atoms with van der Waals surface area (Å²) in [6.45, 7) is 0.718. The van der Waals surface area contributed by atoms with Gasteiger partial charge in [-0.2, -0.15) is 0 Å². The van der Waals surface area contributed by atoms with Crippen LogP contribution in [-0.4, -0.2) is 47.6 Å². The van der Waals surface area contributed by atoms with E-state index in [2.05, 4.69) is 4.98 Å². The van der Waals surface area contributed by atoms with Gasteiger partial charge in [-0.05, 0) is 25.0 Å². The molecule has 0 spiro atoms.